The Labute approximate surface area is 187 Å². The summed E-state index contributed by atoms with van der Waals surface area (Å²) < 4.78 is 5.52. The number of nitrogens with zero attached hydrogens (tertiary/aromatic N) is 3. The number of pyridine rings is 1. The highest BCUT2D eigenvalue weighted by molar-refractivity contribution is 5.88. The Morgan fingerprint density at radius 1 is 0.969 bits per heavy atom. The summed E-state index contributed by atoms with van der Waals surface area (Å²) in [5.74, 6) is 2.03. The topological polar surface area (TPSA) is 101 Å². The van der Waals surface area contributed by atoms with Gasteiger partial charge in [0.2, 0.25) is 5.91 Å². The van der Waals surface area contributed by atoms with E-state index >= 15 is 0 Å². The lowest BCUT2D eigenvalue weighted by Crippen LogP contribution is -2.49. The average molecular weight is 433 g/mol. The maximum Gasteiger partial charge on any atom is 0.230 e. The molecule has 0 spiro atoms. The van der Waals surface area contributed by atoms with Crippen LogP contribution in [0.5, 0.6) is 0 Å². The maximum atomic E-state index is 13.1. The Morgan fingerprint density at radius 3 is 2.44 bits per heavy atom. The molecule has 8 heteroatoms. The third-order valence-electron chi connectivity index (χ3n) is 5.66. The van der Waals surface area contributed by atoms with Crippen molar-refractivity contribution in [2.75, 3.05) is 36.9 Å². The first-order chi connectivity index (χ1) is 15.7. The summed E-state index contributed by atoms with van der Waals surface area (Å²) in [6.07, 6.45) is 3.12. The van der Waals surface area contributed by atoms with Gasteiger partial charge in [-0.05, 0) is 55.2 Å². The Morgan fingerprint density at radius 2 is 1.72 bits per heavy atom. The Balaban J connectivity index is 1.28. The predicted molar refractivity (Wildman–Crippen MR) is 124 cm³/mol. The number of nitrogens with one attached hydrogen (secondary N) is 3. The average Bonchev–Trinajstić information content (AvgIpc) is 2.84. The summed E-state index contributed by atoms with van der Waals surface area (Å²) in [5, 5.41) is 17.8. The molecular weight excluding hydrogens is 404 g/mol. The number of amides is 1. The van der Waals surface area contributed by atoms with Crippen LogP contribution in [0.3, 0.4) is 0 Å². The molecule has 1 amide bonds. The number of carbonyl (C=O) groups is 1. The van der Waals surface area contributed by atoms with Gasteiger partial charge in [0, 0.05) is 32.5 Å². The van der Waals surface area contributed by atoms with Crippen LogP contribution >= 0.6 is 0 Å². The summed E-state index contributed by atoms with van der Waals surface area (Å²) in [5.41, 5.74) is 1.63. The summed E-state index contributed by atoms with van der Waals surface area (Å²) in [6, 6.07) is 17.5. The van der Waals surface area contributed by atoms with Crippen LogP contribution in [-0.4, -0.2) is 47.4 Å². The number of benzene rings is 1. The Bertz CT molecular complexity index is 1020. The van der Waals surface area contributed by atoms with Gasteiger partial charge in [0.05, 0.1) is 5.41 Å². The van der Waals surface area contributed by atoms with Crippen molar-refractivity contribution < 1.29 is 9.53 Å². The minimum Gasteiger partial charge on any atom is -0.381 e. The highest BCUT2D eigenvalue weighted by Gasteiger charge is 2.41. The Kier molecular flexibility index (Phi) is 6.91. The number of rotatable bonds is 8. The highest BCUT2D eigenvalue weighted by atomic mass is 16.5. The van der Waals surface area contributed by atoms with Gasteiger partial charge in [0.25, 0.3) is 0 Å². The summed E-state index contributed by atoms with van der Waals surface area (Å²) in [6.45, 7) is 4.23. The molecule has 0 bridgehead atoms. The molecule has 1 aliphatic heterocycles. The zero-order chi connectivity index (χ0) is 22.2. The van der Waals surface area contributed by atoms with Crippen LogP contribution in [-0.2, 0) is 14.9 Å². The van der Waals surface area contributed by atoms with Crippen molar-refractivity contribution in [1.29, 1.82) is 0 Å². The van der Waals surface area contributed by atoms with Gasteiger partial charge in [-0.1, -0.05) is 30.3 Å². The van der Waals surface area contributed by atoms with Gasteiger partial charge >= 0.3 is 0 Å². The Hall–Kier alpha value is -3.52. The SMILES string of the molecule is Cc1ccnc(Nc2ccc(NCCNC(=O)C3(c4ccccc4)CCOCC3)nn2)c1. The molecule has 2 aromatic heterocycles. The number of ether oxygens (including phenoxy) is 1. The van der Waals surface area contributed by atoms with Crippen LogP contribution in [0.4, 0.5) is 17.5 Å². The minimum atomic E-state index is -0.531. The van der Waals surface area contributed by atoms with Crippen LogP contribution in [0.1, 0.15) is 24.0 Å². The van der Waals surface area contributed by atoms with Gasteiger partial charge in [0.15, 0.2) is 5.82 Å². The molecule has 0 atom stereocenters. The summed E-state index contributed by atoms with van der Waals surface area (Å²) in [7, 11) is 0. The molecule has 1 saturated heterocycles. The lowest BCUT2D eigenvalue weighted by molar-refractivity contribution is -0.130. The first-order valence-corrected chi connectivity index (χ1v) is 10.8. The largest absolute Gasteiger partial charge is 0.381 e. The van der Waals surface area contributed by atoms with E-state index in [1.165, 1.54) is 0 Å². The van der Waals surface area contributed by atoms with Crippen molar-refractivity contribution in [2.45, 2.75) is 25.2 Å². The predicted octanol–water partition coefficient (Wildman–Crippen LogP) is 3.20. The smallest absolute Gasteiger partial charge is 0.230 e. The number of carbonyl (C=O) groups excluding carboxylic acids is 1. The van der Waals surface area contributed by atoms with Crippen molar-refractivity contribution in [3.63, 3.8) is 0 Å². The van der Waals surface area contributed by atoms with E-state index in [-0.39, 0.29) is 5.91 Å². The lowest BCUT2D eigenvalue weighted by Gasteiger charge is -2.36. The molecule has 0 unspecified atom stereocenters. The van der Waals surface area contributed by atoms with E-state index in [4.69, 9.17) is 4.74 Å². The van der Waals surface area contributed by atoms with Crippen LogP contribution < -0.4 is 16.0 Å². The molecule has 1 aromatic carbocycles. The van der Waals surface area contributed by atoms with Crippen LogP contribution in [0.15, 0.2) is 60.8 Å². The highest BCUT2D eigenvalue weighted by Crippen LogP contribution is 2.35. The minimum absolute atomic E-state index is 0.0464. The third-order valence-corrected chi connectivity index (χ3v) is 5.66. The number of anilines is 3. The zero-order valence-electron chi connectivity index (χ0n) is 18.2. The van der Waals surface area contributed by atoms with Crippen LogP contribution in [0, 0.1) is 6.92 Å². The van der Waals surface area contributed by atoms with E-state index in [1.807, 2.05) is 61.5 Å². The van der Waals surface area contributed by atoms with E-state index in [2.05, 4.69) is 31.1 Å². The van der Waals surface area contributed by atoms with Crippen molar-refractivity contribution in [2.24, 2.45) is 0 Å². The van der Waals surface area contributed by atoms with Gasteiger partial charge < -0.3 is 20.7 Å². The second-order valence-corrected chi connectivity index (χ2v) is 7.89. The molecule has 1 aliphatic rings. The lowest BCUT2D eigenvalue weighted by atomic mass is 9.73. The molecule has 4 rings (SSSR count). The maximum absolute atomic E-state index is 13.1. The van der Waals surface area contributed by atoms with Crippen molar-refractivity contribution in [3.05, 3.63) is 71.9 Å². The van der Waals surface area contributed by atoms with E-state index in [1.54, 1.807) is 6.20 Å². The molecule has 0 radical (unpaired) electrons. The molecule has 1 fully saturated rings. The second kappa shape index (κ2) is 10.2. The molecule has 3 N–H and O–H groups in total. The number of hydrogen-bond donors (Lipinski definition) is 3. The van der Waals surface area contributed by atoms with Gasteiger partial charge in [-0.15, -0.1) is 10.2 Å². The fourth-order valence-corrected chi connectivity index (χ4v) is 3.89. The number of hydrogen-bond acceptors (Lipinski definition) is 7. The van der Waals surface area contributed by atoms with Gasteiger partial charge in [0.1, 0.15) is 11.6 Å². The molecule has 32 heavy (non-hydrogen) atoms. The molecule has 0 saturated carbocycles. The van der Waals surface area contributed by atoms with Crippen LogP contribution in [0.25, 0.3) is 0 Å². The molecule has 3 heterocycles. The molecular formula is C24H28N6O2. The van der Waals surface area contributed by atoms with Crippen molar-refractivity contribution in [3.8, 4) is 0 Å². The fourth-order valence-electron chi connectivity index (χ4n) is 3.89. The van der Waals surface area contributed by atoms with E-state index in [0.717, 1.165) is 16.9 Å². The monoisotopic (exact) mass is 432 g/mol. The standard InChI is InChI=1S/C24H28N6O2/c1-18-9-12-25-22(17-18)28-21-8-7-20(29-30-21)26-13-14-27-23(31)24(10-15-32-16-11-24)19-5-3-2-4-6-19/h2-9,12,17H,10-11,13-16H2,1H3,(H,26,29)(H,27,31)(H,25,28,30). The summed E-state index contributed by atoms with van der Waals surface area (Å²) in [4.78, 5) is 17.4. The first-order valence-electron chi connectivity index (χ1n) is 10.8. The van der Waals surface area contributed by atoms with Crippen LogP contribution in [0.2, 0.25) is 0 Å². The van der Waals surface area contributed by atoms with Gasteiger partial charge in [-0.3, -0.25) is 4.79 Å². The van der Waals surface area contributed by atoms with E-state index < -0.39 is 5.41 Å². The van der Waals surface area contributed by atoms with Crippen molar-refractivity contribution in [1.82, 2.24) is 20.5 Å². The first kappa shape index (κ1) is 21.7. The third kappa shape index (κ3) is 5.20. The number of aryl methyl sites for hydroxylation is 1. The fraction of sp³-hybridized carbons (Fsp3) is 0.333. The molecule has 166 valence electrons. The van der Waals surface area contributed by atoms with E-state index in [0.29, 0.717) is 50.8 Å². The number of aromatic nitrogens is 3. The zero-order valence-corrected chi connectivity index (χ0v) is 18.2. The normalized spacial score (nSPS) is 15.0. The molecule has 8 nitrogen and oxygen atoms in total. The molecule has 3 aromatic rings. The summed E-state index contributed by atoms with van der Waals surface area (Å²) >= 11 is 0. The quantitative estimate of drug-likeness (QED) is 0.470. The second-order valence-electron chi connectivity index (χ2n) is 7.89. The van der Waals surface area contributed by atoms with Crippen molar-refractivity contribution >= 4 is 23.4 Å². The van der Waals surface area contributed by atoms with Gasteiger partial charge in [-0.2, -0.15) is 0 Å². The molecule has 0 aliphatic carbocycles. The van der Waals surface area contributed by atoms with E-state index in [9.17, 15) is 4.79 Å². The van der Waals surface area contributed by atoms with Gasteiger partial charge in [-0.25, -0.2) is 4.98 Å².